The highest BCUT2D eigenvalue weighted by atomic mass is 32.8. The van der Waals surface area contributed by atoms with Gasteiger partial charge in [0.2, 0.25) is 0 Å². The molecule has 0 bridgehead atoms. The summed E-state index contributed by atoms with van der Waals surface area (Å²) in [6, 6.07) is 4.59. The molecule has 0 saturated heterocycles. The van der Waals surface area contributed by atoms with Gasteiger partial charge >= 0.3 is 6.80 Å². The zero-order valence-corrected chi connectivity index (χ0v) is 13.3. The number of halogens is 1. The summed E-state index contributed by atoms with van der Waals surface area (Å²) in [4.78, 5) is -0.200. The van der Waals surface area contributed by atoms with E-state index in [9.17, 15) is 17.5 Å². The lowest BCUT2D eigenvalue weighted by Crippen LogP contribution is -2.10. The van der Waals surface area contributed by atoms with E-state index >= 15 is 0 Å². The molecule has 20 heavy (non-hydrogen) atoms. The molecule has 0 heterocycles. The zero-order valence-electron chi connectivity index (χ0n) is 11.6. The molecule has 1 atom stereocenters. The van der Waals surface area contributed by atoms with Crippen LogP contribution in [-0.2, 0) is 36.1 Å². The highest BCUT2D eigenvalue weighted by Crippen LogP contribution is 2.58. The molecule has 1 aromatic carbocycles. The van der Waals surface area contributed by atoms with Gasteiger partial charge in [0, 0.05) is 0 Å². The van der Waals surface area contributed by atoms with E-state index in [1.54, 1.807) is 13.0 Å². The van der Waals surface area contributed by atoms with E-state index in [0.717, 1.165) is 5.56 Å². The molecule has 8 heteroatoms. The molecule has 1 aromatic rings. The first-order chi connectivity index (χ1) is 9.37. The van der Waals surface area contributed by atoms with E-state index in [4.69, 9.17) is 0 Å². The summed E-state index contributed by atoms with van der Waals surface area (Å²) >= 11 is 0. The van der Waals surface area contributed by atoms with E-state index < -0.39 is 16.3 Å². The predicted octanol–water partition coefficient (Wildman–Crippen LogP) is 3.63. The van der Waals surface area contributed by atoms with Crippen molar-refractivity contribution >= 4 is 16.3 Å². The predicted molar refractivity (Wildman–Crippen MR) is 73.8 cm³/mol. The molecule has 0 amide bonds. The first-order valence-corrected chi connectivity index (χ1v) is 9.91. The summed E-state index contributed by atoms with van der Waals surface area (Å²) in [5.41, 5.74) is 1.31. The van der Waals surface area contributed by atoms with Gasteiger partial charge in [-0.1, -0.05) is 30.7 Å². The van der Waals surface area contributed by atoms with E-state index in [2.05, 4.69) is 9.25 Å². The van der Waals surface area contributed by atoms with Crippen molar-refractivity contribution in [3.8, 4) is 0 Å². The molecule has 0 saturated carbocycles. The molecule has 114 valence electrons. The molecule has 0 radical (unpaired) electrons. The fourth-order valence-corrected chi connectivity index (χ4v) is 5.83. The Hall–Kier alpha value is -0.750. The third-order valence-electron chi connectivity index (χ3n) is 2.91. The van der Waals surface area contributed by atoms with Crippen LogP contribution in [0.3, 0.4) is 0 Å². The van der Waals surface area contributed by atoms with Gasteiger partial charge in [-0.3, -0.25) is 4.52 Å². The fraction of sp³-hybridized carbons (Fsp3) is 0.500. The summed E-state index contributed by atoms with van der Waals surface area (Å²) in [5.74, 6) is 0. The van der Waals surface area contributed by atoms with E-state index in [1.807, 2.05) is 6.92 Å². The van der Waals surface area contributed by atoms with Gasteiger partial charge in [-0.05, 0) is 41.5 Å². The molecule has 0 aromatic heterocycles. The average molecular weight is 324 g/mol. The maximum absolute atomic E-state index is 12.6. The van der Waals surface area contributed by atoms with E-state index in [-0.39, 0.29) is 11.5 Å². The molecule has 1 unspecified atom stereocenters. The first kappa shape index (κ1) is 17.3. The lowest BCUT2D eigenvalue weighted by Gasteiger charge is -2.16. The minimum absolute atomic E-state index is 0.200. The molecule has 0 spiro atoms. The molecule has 0 fully saturated rings. The van der Waals surface area contributed by atoms with E-state index in [0.29, 0.717) is 18.4 Å². The van der Waals surface area contributed by atoms with Crippen molar-refractivity contribution in [3.05, 3.63) is 29.3 Å². The summed E-state index contributed by atoms with van der Waals surface area (Å²) in [7, 11) is -4.55. The first-order valence-electron chi connectivity index (χ1n) is 6.28. The third kappa shape index (κ3) is 2.96. The monoisotopic (exact) mass is 324 g/mol. The van der Waals surface area contributed by atoms with Crippen LogP contribution in [0.1, 0.15) is 31.9 Å². The largest absolute Gasteiger partial charge is 0.480 e. The van der Waals surface area contributed by atoms with Crippen LogP contribution >= 0.6 is 6.80 Å². The highest BCUT2D eigenvalue weighted by molar-refractivity contribution is 8.49. The standard InChI is InChI=1S/C12H18FO5PS/c1-4-10-8-7-9-12(11(10)5-2)20(15,16)19(14,18-13)17-6-3/h7-9H,4-6H2,1-3H3. The number of hydrogen-bond acceptors (Lipinski definition) is 5. The number of aryl methyl sites for hydroxylation is 1. The molecular weight excluding hydrogens is 306 g/mol. The molecule has 0 N–H and O–H groups in total. The Bertz CT molecular complexity index is 614. The van der Waals surface area contributed by atoms with Crippen molar-refractivity contribution in [1.29, 1.82) is 0 Å². The van der Waals surface area contributed by atoms with E-state index in [1.165, 1.54) is 19.1 Å². The van der Waals surface area contributed by atoms with Crippen LogP contribution < -0.4 is 0 Å². The van der Waals surface area contributed by atoms with Crippen LogP contribution in [0.15, 0.2) is 23.1 Å². The number of rotatable bonds is 7. The molecule has 0 aliphatic rings. The fourth-order valence-electron chi connectivity index (χ4n) is 1.99. The maximum Gasteiger partial charge on any atom is 0.480 e. The molecule has 0 aliphatic carbocycles. The number of hydrogen-bond donors (Lipinski definition) is 0. The minimum atomic E-state index is -4.89. The van der Waals surface area contributed by atoms with Crippen molar-refractivity contribution < 1.29 is 26.8 Å². The second-order valence-electron chi connectivity index (χ2n) is 4.01. The van der Waals surface area contributed by atoms with Crippen molar-refractivity contribution in [1.82, 2.24) is 0 Å². The Balaban J connectivity index is 3.54. The molecule has 0 aliphatic heterocycles. The maximum atomic E-state index is 12.6. The second kappa shape index (κ2) is 6.80. The number of benzene rings is 1. The van der Waals surface area contributed by atoms with Gasteiger partial charge in [0.05, 0.1) is 11.5 Å². The topological polar surface area (TPSA) is 69.7 Å². The zero-order chi connectivity index (χ0) is 15.4. The summed E-state index contributed by atoms with van der Waals surface area (Å²) in [6.07, 6.45) is 1.03. The molecular formula is C12H18FO5PS. The Morgan fingerprint density at radius 1 is 1.20 bits per heavy atom. The SMILES string of the molecule is CCOP(=O)(OF)S(=O)(=O)c1cccc(CC)c1CC. The van der Waals surface area contributed by atoms with Gasteiger partial charge in [0.15, 0.2) is 0 Å². The summed E-state index contributed by atoms with van der Waals surface area (Å²) in [6.45, 7) is -0.0766. The van der Waals surface area contributed by atoms with Gasteiger partial charge in [-0.15, -0.1) is 0 Å². The van der Waals surface area contributed by atoms with Crippen LogP contribution in [0.4, 0.5) is 4.53 Å². The molecule has 1 rings (SSSR count). The third-order valence-corrected chi connectivity index (χ3v) is 8.02. The van der Waals surface area contributed by atoms with Gasteiger partial charge in [0.1, 0.15) is 0 Å². The normalized spacial score (nSPS) is 15.0. The van der Waals surface area contributed by atoms with Crippen LogP contribution in [-0.4, -0.2) is 15.0 Å². The van der Waals surface area contributed by atoms with Crippen molar-refractivity contribution in [2.24, 2.45) is 0 Å². The lowest BCUT2D eigenvalue weighted by molar-refractivity contribution is -0.0193. The second-order valence-corrected chi connectivity index (χ2v) is 9.47. The lowest BCUT2D eigenvalue weighted by atomic mass is 10.0. The van der Waals surface area contributed by atoms with Gasteiger partial charge in [0.25, 0.3) is 9.46 Å². The highest BCUT2D eigenvalue weighted by Gasteiger charge is 2.45. The van der Waals surface area contributed by atoms with Crippen LogP contribution in [0.2, 0.25) is 0 Å². The van der Waals surface area contributed by atoms with Crippen molar-refractivity contribution in [2.45, 2.75) is 38.5 Å². The smallest absolute Gasteiger partial charge is 0.296 e. The Morgan fingerprint density at radius 2 is 1.85 bits per heavy atom. The van der Waals surface area contributed by atoms with Gasteiger partial charge in [-0.2, -0.15) is 0 Å². The Labute approximate surface area is 118 Å². The van der Waals surface area contributed by atoms with Gasteiger partial charge in [-0.25, -0.2) is 13.0 Å². The molecule has 5 nitrogen and oxygen atoms in total. The minimum Gasteiger partial charge on any atom is -0.296 e. The van der Waals surface area contributed by atoms with Crippen LogP contribution in [0.25, 0.3) is 0 Å². The summed E-state index contributed by atoms with van der Waals surface area (Å²) < 4.78 is 57.1. The van der Waals surface area contributed by atoms with Crippen LogP contribution in [0.5, 0.6) is 0 Å². The Morgan fingerprint density at radius 3 is 2.30 bits per heavy atom. The van der Waals surface area contributed by atoms with Crippen molar-refractivity contribution in [3.63, 3.8) is 0 Å². The van der Waals surface area contributed by atoms with Crippen molar-refractivity contribution in [2.75, 3.05) is 6.61 Å². The quantitative estimate of drug-likeness (QED) is 0.716. The van der Waals surface area contributed by atoms with Gasteiger partial charge < -0.3 is 0 Å². The van der Waals surface area contributed by atoms with Crippen LogP contribution in [0, 0.1) is 0 Å². The summed E-state index contributed by atoms with van der Waals surface area (Å²) in [5, 5.41) is 0. The average Bonchev–Trinajstić information content (AvgIpc) is 2.45. The Kier molecular flexibility index (Phi) is 5.89.